The van der Waals surface area contributed by atoms with Gasteiger partial charge in [-0.25, -0.2) is 0 Å². The van der Waals surface area contributed by atoms with Crippen molar-refractivity contribution in [2.24, 2.45) is 62.6 Å². The lowest BCUT2D eigenvalue weighted by molar-refractivity contribution is -0.226. The van der Waals surface area contributed by atoms with Gasteiger partial charge in [0.15, 0.2) is 0 Å². The van der Waals surface area contributed by atoms with Gasteiger partial charge in [0.1, 0.15) is 5.76 Å². The van der Waals surface area contributed by atoms with Gasteiger partial charge in [-0.3, -0.25) is 0 Å². The lowest BCUT2D eigenvalue weighted by Gasteiger charge is -2.72. The first-order chi connectivity index (χ1) is 17.8. The summed E-state index contributed by atoms with van der Waals surface area (Å²) in [7, 11) is -5.69. The molecule has 3 nitrogen and oxygen atoms in total. The van der Waals surface area contributed by atoms with Crippen LogP contribution in [-0.2, 0) is 14.3 Å². The summed E-state index contributed by atoms with van der Waals surface area (Å²) in [5.41, 5.74) is -5.78. The molecule has 0 N–H and O–H groups in total. The Labute approximate surface area is 234 Å². The second-order valence-electron chi connectivity index (χ2n) is 15.6. The normalized spacial score (nSPS) is 47.4. The van der Waals surface area contributed by atoms with Crippen LogP contribution < -0.4 is 0 Å². The van der Waals surface area contributed by atoms with E-state index in [0.717, 1.165) is 25.2 Å². The van der Waals surface area contributed by atoms with Crippen LogP contribution in [0.15, 0.2) is 24.5 Å². The number of allylic oxidation sites excluding steroid dienone is 3. The Hall–Kier alpha value is -0.980. The second-order valence-corrected chi connectivity index (χ2v) is 17.1. The number of halogens is 3. The molecule has 0 amide bonds. The molecule has 0 heterocycles. The smallest absolute Gasteiger partial charge is 0.380 e. The van der Waals surface area contributed by atoms with Crippen LogP contribution >= 0.6 is 0 Å². The third-order valence-electron chi connectivity index (χ3n) is 13.8. The first-order valence-corrected chi connectivity index (χ1v) is 16.6. The third kappa shape index (κ3) is 3.82. The molecule has 0 aromatic heterocycles. The highest BCUT2D eigenvalue weighted by molar-refractivity contribution is 7.87. The van der Waals surface area contributed by atoms with E-state index in [1.807, 2.05) is 13.8 Å². The van der Waals surface area contributed by atoms with Gasteiger partial charge in [0.05, 0.1) is 0 Å². The molecule has 0 spiro atoms. The van der Waals surface area contributed by atoms with Crippen molar-refractivity contribution in [1.82, 2.24) is 0 Å². The van der Waals surface area contributed by atoms with Crippen molar-refractivity contribution in [3.63, 3.8) is 0 Å². The Balaban J connectivity index is 1.51. The zero-order chi connectivity index (χ0) is 29.0. The maximum absolute atomic E-state index is 13.2. The number of hydrogen-bond acceptors (Lipinski definition) is 3. The molecule has 39 heavy (non-hydrogen) atoms. The molecule has 0 aromatic carbocycles. The molecule has 0 radical (unpaired) electrons. The van der Waals surface area contributed by atoms with Crippen LogP contribution in [0, 0.1) is 62.6 Å². The SMILES string of the molecule is C=CC12CCC(C(C)C)C1C1CCC3C4(C)CC=C(OS(=O)(=O)C(F)(F)F)C(C)(C)C4CCC3(C)C1(C)CC2. The Morgan fingerprint density at radius 2 is 1.62 bits per heavy atom. The lowest BCUT2D eigenvalue weighted by atomic mass is 9.32. The van der Waals surface area contributed by atoms with E-state index >= 15 is 0 Å². The molecule has 7 heteroatoms. The molecule has 5 aliphatic rings. The van der Waals surface area contributed by atoms with E-state index < -0.39 is 21.0 Å². The molecule has 4 fully saturated rings. The monoisotopic (exact) mass is 570 g/mol. The van der Waals surface area contributed by atoms with E-state index in [4.69, 9.17) is 4.18 Å². The van der Waals surface area contributed by atoms with Gasteiger partial charge in [-0.15, -0.1) is 6.58 Å². The van der Waals surface area contributed by atoms with E-state index in [0.29, 0.717) is 30.1 Å². The Morgan fingerprint density at radius 1 is 0.949 bits per heavy atom. The topological polar surface area (TPSA) is 43.4 Å². The van der Waals surface area contributed by atoms with Crippen molar-refractivity contribution in [2.75, 3.05) is 0 Å². The average Bonchev–Trinajstić information content (AvgIpc) is 3.21. The average molecular weight is 571 g/mol. The zero-order valence-electron chi connectivity index (χ0n) is 25.0. The van der Waals surface area contributed by atoms with Crippen LogP contribution in [0.2, 0.25) is 0 Å². The molecule has 4 saturated carbocycles. The van der Waals surface area contributed by atoms with Gasteiger partial charge in [0.2, 0.25) is 0 Å². The standard InChI is InChI=1S/C32H49F3O3S/c1-9-31-17-12-21(20(2)3)26(31)22-10-11-24-28(6)15-14-25(38-39(36,37)32(33,34)35)27(4,5)23(28)13-16-30(24,8)29(22,7)18-19-31/h9,14,20-24,26H,1,10-13,15-19H2,2-8H3. The highest BCUT2D eigenvalue weighted by Gasteiger charge is 2.70. The molecule has 0 bridgehead atoms. The van der Waals surface area contributed by atoms with Crippen molar-refractivity contribution in [1.29, 1.82) is 0 Å². The maximum atomic E-state index is 13.2. The molecule has 9 unspecified atom stereocenters. The number of fused-ring (bicyclic) bond motifs is 7. The summed E-state index contributed by atoms with van der Waals surface area (Å²) in [5.74, 6) is 3.16. The second kappa shape index (κ2) is 8.77. The maximum Gasteiger partial charge on any atom is 0.534 e. The summed E-state index contributed by atoms with van der Waals surface area (Å²) >= 11 is 0. The predicted octanol–water partition coefficient (Wildman–Crippen LogP) is 9.27. The highest BCUT2D eigenvalue weighted by Crippen LogP contribution is 2.77. The van der Waals surface area contributed by atoms with Crippen molar-refractivity contribution < 1.29 is 25.8 Å². The predicted molar refractivity (Wildman–Crippen MR) is 149 cm³/mol. The molecule has 0 aliphatic heterocycles. The van der Waals surface area contributed by atoms with Crippen LogP contribution in [0.1, 0.15) is 106 Å². The van der Waals surface area contributed by atoms with Crippen molar-refractivity contribution >= 4 is 10.1 Å². The first kappa shape index (κ1) is 29.5. The molecule has 5 aliphatic carbocycles. The number of rotatable bonds is 4. The van der Waals surface area contributed by atoms with Gasteiger partial charge < -0.3 is 4.18 Å². The lowest BCUT2D eigenvalue weighted by Crippen LogP contribution is -2.65. The summed E-state index contributed by atoms with van der Waals surface area (Å²) in [5, 5.41) is 0. The third-order valence-corrected chi connectivity index (χ3v) is 14.8. The Bertz CT molecular complexity index is 1160. The summed E-state index contributed by atoms with van der Waals surface area (Å²) in [6.07, 6.45) is 13.7. The van der Waals surface area contributed by atoms with E-state index in [9.17, 15) is 21.6 Å². The van der Waals surface area contributed by atoms with Crippen LogP contribution in [0.4, 0.5) is 13.2 Å². The fraction of sp³-hybridized carbons (Fsp3) is 0.875. The van der Waals surface area contributed by atoms with Crippen LogP contribution in [0.25, 0.3) is 0 Å². The largest absolute Gasteiger partial charge is 0.534 e. The first-order valence-electron chi connectivity index (χ1n) is 15.2. The van der Waals surface area contributed by atoms with Gasteiger partial charge in [0, 0.05) is 5.41 Å². The van der Waals surface area contributed by atoms with E-state index in [2.05, 4.69) is 47.3 Å². The fourth-order valence-electron chi connectivity index (χ4n) is 11.7. The minimum Gasteiger partial charge on any atom is -0.380 e. The van der Waals surface area contributed by atoms with Gasteiger partial charge in [-0.05, 0) is 121 Å². The van der Waals surface area contributed by atoms with Gasteiger partial charge in [-0.2, -0.15) is 21.6 Å². The molecule has 5 rings (SSSR count). The van der Waals surface area contributed by atoms with Crippen LogP contribution in [0.3, 0.4) is 0 Å². The number of hydrogen-bond donors (Lipinski definition) is 0. The molecule has 0 aromatic rings. The molecule has 0 saturated heterocycles. The summed E-state index contributed by atoms with van der Waals surface area (Å²) in [6, 6.07) is 0. The quantitative estimate of drug-likeness (QED) is 0.192. The van der Waals surface area contributed by atoms with Gasteiger partial charge in [-0.1, -0.05) is 54.5 Å². The van der Waals surface area contributed by atoms with Crippen molar-refractivity contribution in [3.8, 4) is 0 Å². The molecule has 222 valence electrons. The van der Waals surface area contributed by atoms with Crippen molar-refractivity contribution in [3.05, 3.63) is 24.5 Å². The fourth-order valence-corrected chi connectivity index (χ4v) is 12.3. The summed E-state index contributed by atoms with van der Waals surface area (Å²) in [6.45, 7) is 20.4. The molecular formula is C32H49F3O3S. The van der Waals surface area contributed by atoms with E-state index in [1.165, 1.54) is 32.1 Å². The minimum atomic E-state index is -5.69. The van der Waals surface area contributed by atoms with Gasteiger partial charge in [0.25, 0.3) is 0 Å². The van der Waals surface area contributed by atoms with Gasteiger partial charge >= 0.3 is 15.6 Å². The van der Waals surface area contributed by atoms with Crippen LogP contribution in [-0.4, -0.2) is 13.9 Å². The summed E-state index contributed by atoms with van der Waals surface area (Å²) < 4.78 is 68.3. The minimum absolute atomic E-state index is 0.0371. The Morgan fingerprint density at radius 3 is 2.21 bits per heavy atom. The Kier molecular flexibility index (Phi) is 6.63. The highest BCUT2D eigenvalue weighted by atomic mass is 32.2. The molecule has 9 atom stereocenters. The zero-order valence-corrected chi connectivity index (χ0v) is 25.8. The van der Waals surface area contributed by atoms with E-state index in [-0.39, 0.29) is 33.3 Å². The van der Waals surface area contributed by atoms with Crippen LogP contribution in [0.5, 0.6) is 0 Å². The van der Waals surface area contributed by atoms with Crippen molar-refractivity contribution in [2.45, 2.75) is 112 Å². The number of alkyl halides is 3. The van der Waals surface area contributed by atoms with E-state index in [1.54, 1.807) is 6.08 Å². The molecular weight excluding hydrogens is 521 g/mol. The summed E-state index contributed by atoms with van der Waals surface area (Å²) in [4.78, 5) is 0.